The van der Waals surface area contributed by atoms with Gasteiger partial charge in [-0.3, -0.25) is 0 Å². The Morgan fingerprint density at radius 2 is 1.89 bits per heavy atom. The summed E-state index contributed by atoms with van der Waals surface area (Å²) in [6, 6.07) is 11.2. The number of likely N-dealkylation sites (N-methyl/N-ethyl adjacent to an activating group) is 1. The number of hydrogen-bond acceptors (Lipinski definition) is 5. The number of imidazole rings is 1. The smallest absolute Gasteiger partial charge is 0.360 e. The molecule has 186 valence electrons. The molecule has 2 N–H and O–H groups in total. The molecule has 3 aromatic heterocycles. The van der Waals surface area contributed by atoms with Crippen LogP contribution in [0.5, 0.6) is 0 Å². The number of benzene rings is 2. The molecule has 10 heteroatoms. The molecule has 0 spiro atoms. The van der Waals surface area contributed by atoms with Crippen LogP contribution in [-0.2, 0) is 12.7 Å². The summed E-state index contributed by atoms with van der Waals surface area (Å²) in [5.74, 6) is 0.967. The number of hydrogen-bond donors (Lipinski definition) is 2. The Bertz CT molecular complexity index is 1560. The average Bonchev–Trinajstić information content (AvgIpc) is 3.38. The third-order valence-electron chi connectivity index (χ3n) is 6.24. The van der Waals surface area contributed by atoms with E-state index in [0.29, 0.717) is 16.6 Å². The van der Waals surface area contributed by atoms with E-state index in [1.807, 2.05) is 58.3 Å². The molecule has 0 atom stereocenters. The highest BCUT2D eigenvalue weighted by atomic mass is 19.4. The molecule has 0 bridgehead atoms. The highest BCUT2D eigenvalue weighted by Gasteiger charge is 2.36. The number of nitrogens with zero attached hydrogens (tertiary/aromatic N) is 5. The number of fused-ring (bicyclic) bond motifs is 2. The van der Waals surface area contributed by atoms with E-state index < -0.39 is 11.7 Å². The van der Waals surface area contributed by atoms with Gasteiger partial charge in [0.15, 0.2) is 0 Å². The predicted octanol–water partition coefficient (Wildman–Crippen LogP) is 5.92. The maximum Gasteiger partial charge on any atom is 0.419 e. The van der Waals surface area contributed by atoms with Crippen LogP contribution in [0.3, 0.4) is 0 Å². The molecule has 0 unspecified atom stereocenters. The van der Waals surface area contributed by atoms with Gasteiger partial charge in [-0.15, -0.1) is 0 Å². The first-order chi connectivity index (χ1) is 17.1. The van der Waals surface area contributed by atoms with E-state index in [-0.39, 0.29) is 11.6 Å². The lowest BCUT2D eigenvalue weighted by Gasteiger charge is -2.14. The maximum atomic E-state index is 13.9. The number of aromatic nitrogens is 5. The van der Waals surface area contributed by atoms with Crippen LogP contribution >= 0.6 is 0 Å². The van der Waals surface area contributed by atoms with Gasteiger partial charge in [-0.2, -0.15) is 13.2 Å². The van der Waals surface area contributed by atoms with Gasteiger partial charge in [-0.25, -0.2) is 15.0 Å². The maximum absolute atomic E-state index is 13.9. The van der Waals surface area contributed by atoms with Crippen molar-refractivity contribution in [1.82, 2.24) is 29.4 Å². The van der Waals surface area contributed by atoms with Crippen molar-refractivity contribution in [3.8, 4) is 11.3 Å². The number of halogens is 3. The molecule has 0 aliphatic heterocycles. The van der Waals surface area contributed by atoms with Gasteiger partial charge in [0, 0.05) is 47.6 Å². The molecule has 5 aromatic rings. The fourth-order valence-electron chi connectivity index (χ4n) is 4.40. The van der Waals surface area contributed by atoms with Crippen LogP contribution in [0, 0.1) is 13.8 Å². The molecule has 0 aliphatic rings. The minimum atomic E-state index is -4.60. The summed E-state index contributed by atoms with van der Waals surface area (Å²) >= 11 is 0. The van der Waals surface area contributed by atoms with Crippen LogP contribution in [0.4, 0.5) is 24.8 Å². The lowest BCUT2D eigenvalue weighted by molar-refractivity contribution is -0.137. The molecule has 36 heavy (non-hydrogen) atoms. The highest BCUT2D eigenvalue weighted by molar-refractivity contribution is 5.97. The average molecular weight is 494 g/mol. The first-order valence-corrected chi connectivity index (χ1v) is 11.5. The normalized spacial score (nSPS) is 12.2. The van der Waals surface area contributed by atoms with Crippen LogP contribution in [0.2, 0.25) is 0 Å². The summed E-state index contributed by atoms with van der Waals surface area (Å²) < 4.78 is 43.8. The third-order valence-corrected chi connectivity index (χ3v) is 6.24. The van der Waals surface area contributed by atoms with Crippen LogP contribution in [0.25, 0.3) is 33.2 Å². The Balaban J connectivity index is 1.53. The highest BCUT2D eigenvalue weighted by Crippen LogP contribution is 2.39. The van der Waals surface area contributed by atoms with Gasteiger partial charge >= 0.3 is 6.18 Å². The molecule has 5 rings (SSSR count). The number of rotatable bonds is 6. The second-order valence-corrected chi connectivity index (χ2v) is 9.10. The summed E-state index contributed by atoms with van der Waals surface area (Å²) in [7, 11) is 4.04. The van der Waals surface area contributed by atoms with Crippen molar-refractivity contribution < 1.29 is 13.2 Å². The van der Waals surface area contributed by atoms with Crippen molar-refractivity contribution in [3.05, 3.63) is 65.7 Å². The van der Waals surface area contributed by atoms with E-state index in [1.165, 1.54) is 0 Å². The molecule has 3 heterocycles. The second-order valence-electron chi connectivity index (χ2n) is 9.10. The number of nitrogens with one attached hydrogen (secondary N) is 2. The number of H-pyrrole nitrogens is 1. The molecular weight excluding hydrogens is 467 g/mol. The number of anilines is 2. The zero-order chi connectivity index (χ0) is 25.6. The largest absolute Gasteiger partial charge is 0.419 e. The molecule has 2 aromatic carbocycles. The number of para-hydroxylation sites is 1. The fourth-order valence-corrected chi connectivity index (χ4v) is 4.40. The standard InChI is InChI=1S/C26H26F3N7/c1-15-6-5-7-18-19(13-30-23(15)18)24-20(26(27,28)29)14-31-25(34-24)33-17-8-9-22-21(12-17)32-16(2)36(22)11-10-35(3)4/h5-9,12-14,30H,10-11H2,1-4H3,(H,31,33,34). The molecular formula is C26H26F3N7. The molecule has 0 saturated carbocycles. The first kappa shape index (κ1) is 23.8. The van der Waals surface area contributed by atoms with Gasteiger partial charge in [0.05, 0.1) is 16.7 Å². The number of alkyl halides is 3. The van der Waals surface area contributed by atoms with Crippen LogP contribution in [0.15, 0.2) is 48.8 Å². The van der Waals surface area contributed by atoms with Gasteiger partial charge < -0.3 is 19.8 Å². The molecule has 0 aliphatic carbocycles. The van der Waals surface area contributed by atoms with Gasteiger partial charge in [-0.1, -0.05) is 18.2 Å². The van der Waals surface area contributed by atoms with Crippen LogP contribution in [-0.4, -0.2) is 50.0 Å². The van der Waals surface area contributed by atoms with E-state index in [9.17, 15) is 13.2 Å². The quantitative estimate of drug-likeness (QED) is 0.307. The van der Waals surface area contributed by atoms with E-state index in [1.54, 1.807) is 12.3 Å². The minimum absolute atomic E-state index is 0.0723. The molecule has 0 amide bonds. The van der Waals surface area contributed by atoms with Crippen molar-refractivity contribution >= 4 is 33.6 Å². The van der Waals surface area contributed by atoms with Gasteiger partial charge in [0.1, 0.15) is 11.4 Å². The van der Waals surface area contributed by atoms with Gasteiger partial charge in [-0.05, 0) is 51.7 Å². The van der Waals surface area contributed by atoms with Crippen molar-refractivity contribution in [2.75, 3.05) is 26.0 Å². The summed E-state index contributed by atoms with van der Waals surface area (Å²) in [5.41, 5.74) is 3.44. The third kappa shape index (κ3) is 4.39. The van der Waals surface area contributed by atoms with E-state index in [0.717, 1.165) is 47.2 Å². The molecule has 0 radical (unpaired) electrons. The summed E-state index contributed by atoms with van der Waals surface area (Å²) in [6.07, 6.45) is -2.21. The number of aryl methyl sites for hydroxylation is 2. The first-order valence-electron chi connectivity index (χ1n) is 11.5. The lowest BCUT2D eigenvalue weighted by atomic mass is 10.0. The zero-order valence-electron chi connectivity index (χ0n) is 20.4. The van der Waals surface area contributed by atoms with Crippen LogP contribution < -0.4 is 5.32 Å². The van der Waals surface area contributed by atoms with Crippen molar-refractivity contribution in [2.24, 2.45) is 0 Å². The Labute approximate surface area is 206 Å². The van der Waals surface area contributed by atoms with E-state index in [2.05, 4.69) is 34.7 Å². The predicted molar refractivity (Wildman–Crippen MR) is 135 cm³/mol. The van der Waals surface area contributed by atoms with E-state index in [4.69, 9.17) is 0 Å². The monoisotopic (exact) mass is 493 g/mol. The zero-order valence-corrected chi connectivity index (χ0v) is 20.4. The van der Waals surface area contributed by atoms with E-state index >= 15 is 0 Å². The van der Waals surface area contributed by atoms with Gasteiger partial charge in [0.2, 0.25) is 5.95 Å². The summed E-state index contributed by atoms with van der Waals surface area (Å²) in [4.78, 5) is 18.1. The Morgan fingerprint density at radius 1 is 1.08 bits per heavy atom. The Morgan fingerprint density at radius 3 is 2.64 bits per heavy atom. The Hall–Kier alpha value is -3.92. The van der Waals surface area contributed by atoms with Crippen molar-refractivity contribution in [3.63, 3.8) is 0 Å². The minimum Gasteiger partial charge on any atom is -0.360 e. The molecule has 0 fully saturated rings. The lowest BCUT2D eigenvalue weighted by Crippen LogP contribution is -2.18. The SMILES string of the molecule is Cc1cccc2c(-c3nc(Nc4ccc5c(c4)nc(C)n5CCN(C)C)ncc3C(F)(F)F)c[nH]c12. The van der Waals surface area contributed by atoms with Crippen LogP contribution in [0.1, 0.15) is 17.0 Å². The number of aromatic amines is 1. The topological polar surface area (TPSA) is 74.7 Å². The van der Waals surface area contributed by atoms with Crippen molar-refractivity contribution in [2.45, 2.75) is 26.6 Å². The Kier molecular flexibility index (Phi) is 5.91. The molecule has 0 saturated heterocycles. The molecule has 7 nitrogen and oxygen atoms in total. The fraction of sp³-hybridized carbons (Fsp3) is 0.269. The van der Waals surface area contributed by atoms with Crippen molar-refractivity contribution in [1.29, 1.82) is 0 Å². The summed E-state index contributed by atoms with van der Waals surface area (Å²) in [6.45, 7) is 5.54. The summed E-state index contributed by atoms with van der Waals surface area (Å²) in [5, 5.41) is 3.73. The second kappa shape index (κ2) is 8.94. The van der Waals surface area contributed by atoms with Gasteiger partial charge in [0.25, 0.3) is 0 Å².